The quantitative estimate of drug-likeness (QED) is 0.385. The molecule has 208 valence electrons. The highest BCUT2D eigenvalue weighted by Crippen LogP contribution is 2.27. The first-order valence-electron chi connectivity index (χ1n) is 12.5. The Bertz CT molecular complexity index is 1390. The minimum Gasteiger partial charge on any atom is -0.350 e. The first-order chi connectivity index (χ1) is 18.3. The van der Waals surface area contributed by atoms with Gasteiger partial charge in [0.2, 0.25) is 11.8 Å². The van der Waals surface area contributed by atoms with E-state index in [2.05, 4.69) is 5.32 Å². The molecule has 0 aliphatic heterocycles. The molecule has 0 fully saturated rings. The van der Waals surface area contributed by atoms with E-state index in [1.165, 1.54) is 71.6 Å². The first kappa shape index (κ1) is 29.8. The molecule has 3 rings (SSSR count). The molecule has 0 aliphatic carbocycles. The fourth-order valence-corrected chi connectivity index (χ4v) is 5.49. The first-order valence-corrected chi connectivity index (χ1v) is 14.0. The van der Waals surface area contributed by atoms with Crippen molar-refractivity contribution >= 4 is 27.5 Å². The number of anilines is 1. The van der Waals surface area contributed by atoms with Crippen molar-refractivity contribution in [1.82, 2.24) is 10.2 Å². The second kappa shape index (κ2) is 12.4. The molecule has 3 aromatic rings. The van der Waals surface area contributed by atoms with E-state index in [0.717, 1.165) is 6.07 Å². The number of carbonyl (C=O) groups excluding carboxylic acids is 2. The Balaban J connectivity index is 2.07. The van der Waals surface area contributed by atoms with Crippen molar-refractivity contribution in [3.05, 3.63) is 96.1 Å². The average molecular weight is 558 g/mol. The number of para-hydroxylation sites is 1. The van der Waals surface area contributed by atoms with Gasteiger partial charge in [0.15, 0.2) is 0 Å². The molecule has 0 spiro atoms. The number of nitrogens with one attached hydrogen (secondary N) is 1. The maximum Gasteiger partial charge on any atom is 0.264 e. The van der Waals surface area contributed by atoms with E-state index in [9.17, 15) is 26.8 Å². The number of carbonyl (C=O) groups is 2. The Morgan fingerprint density at radius 3 is 2.05 bits per heavy atom. The predicted molar refractivity (Wildman–Crippen MR) is 146 cm³/mol. The molecule has 7 nitrogen and oxygen atoms in total. The van der Waals surface area contributed by atoms with Gasteiger partial charge in [0.25, 0.3) is 10.0 Å². The average Bonchev–Trinajstić information content (AvgIpc) is 2.88. The summed E-state index contributed by atoms with van der Waals surface area (Å²) in [6.45, 7) is 6.28. The molecule has 0 aliphatic rings. The zero-order valence-electron chi connectivity index (χ0n) is 22.4. The number of hydrogen-bond acceptors (Lipinski definition) is 4. The number of sulfonamides is 1. The summed E-state index contributed by atoms with van der Waals surface area (Å²) >= 11 is 0. The van der Waals surface area contributed by atoms with Crippen LogP contribution in [0.25, 0.3) is 0 Å². The van der Waals surface area contributed by atoms with Crippen LogP contribution in [0.3, 0.4) is 0 Å². The number of halogens is 2. The van der Waals surface area contributed by atoms with Gasteiger partial charge in [-0.1, -0.05) is 49.4 Å². The van der Waals surface area contributed by atoms with Gasteiger partial charge in [-0.15, -0.1) is 0 Å². The van der Waals surface area contributed by atoms with Crippen molar-refractivity contribution in [1.29, 1.82) is 0 Å². The second-order valence-corrected chi connectivity index (χ2v) is 11.9. The van der Waals surface area contributed by atoms with Crippen LogP contribution < -0.4 is 9.62 Å². The number of benzene rings is 3. The normalized spacial score (nSPS) is 12.5. The van der Waals surface area contributed by atoms with Crippen molar-refractivity contribution in [3.63, 3.8) is 0 Å². The lowest BCUT2D eigenvalue weighted by molar-refractivity contribution is -0.141. The number of rotatable bonds is 10. The Morgan fingerprint density at radius 2 is 1.49 bits per heavy atom. The lowest BCUT2D eigenvalue weighted by atomic mass is 10.1. The summed E-state index contributed by atoms with van der Waals surface area (Å²) in [5.41, 5.74) is -0.357. The second-order valence-electron chi connectivity index (χ2n) is 10.1. The van der Waals surface area contributed by atoms with Gasteiger partial charge >= 0.3 is 0 Å². The van der Waals surface area contributed by atoms with Crippen LogP contribution in [0.4, 0.5) is 14.5 Å². The SMILES string of the molecule is CC[C@@H](C(=O)NC(C)(C)C)N(Cc1ccc(F)cc1)C(=O)CN(c1ccccc1F)S(=O)(=O)c1ccccc1. The highest BCUT2D eigenvalue weighted by Gasteiger charge is 2.35. The molecule has 1 atom stereocenters. The van der Waals surface area contributed by atoms with Crippen molar-refractivity contribution in [3.8, 4) is 0 Å². The van der Waals surface area contributed by atoms with Crippen LogP contribution in [0.5, 0.6) is 0 Å². The Kier molecular flexibility index (Phi) is 9.45. The highest BCUT2D eigenvalue weighted by molar-refractivity contribution is 7.92. The zero-order chi connectivity index (χ0) is 28.8. The van der Waals surface area contributed by atoms with Crippen LogP contribution in [0.2, 0.25) is 0 Å². The fraction of sp³-hybridized carbons (Fsp3) is 0.310. The van der Waals surface area contributed by atoms with Gasteiger partial charge in [-0.3, -0.25) is 13.9 Å². The van der Waals surface area contributed by atoms with Crippen LogP contribution >= 0.6 is 0 Å². The summed E-state index contributed by atoms with van der Waals surface area (Å²) in [5.74, 6) is -2.44. The lowest BCUT2D eigenvalue weighted by Gasteiger charge is -2.34. The molecule has 0 unspecified atom stereocenters. The molecule has 0 saturated heterocycles. The standard InChI is InChI=1S/C29H33F2N3O4S/c1-5-25(28(36)32-29(2,3)4)33(19-21-15-17-22(30)18-16-21)27(35)20-34(26-14-10-9-13-24(26)31)39(37,38)23-11-7-6-8-12-23/h6-18,25H,5,19-20H2,1-4H3,(H,32,36)/t25-/m0/s1. The monoisotopic (exact) mass is 557 g/mol. The lowest BCUT2D eigenvalue weighted by Crippen LogP contribution is -2.55. The molecule has 0 aromatic heterocycles. The minimum absolute atomic E-state index is 0.0916. The number of amides is 2. The molecular weight excluding hydrogens is 524 g/mol. The number of nitrogens with zero attached hydrogens (tertiary/aromatic N) is 2. The van der Waals surface area contributed by atoms with Crippen LogP contribution in [-0.4, -0.2) is 43.3 Å². The van der Waals surface area contributed by atoms with Crippen molar-refractivity contribution < 1.29 is 26.8 Å². The summed E-state index contributed by atoms with van der Waals surface area (Å²) in [5, 5.41) is 2.87. The van der Waals surface area contributed by atoms with Gasteiger partial charge in [-0.2, -0.15) is 0 Å². The highest BCUT2D eigenvalue weighted by atomic mass is 32.2. The topological polar surface area (TPSA) is 86.8 Å². The van der Waals surface area contributed by atoms with Gasteiger partial charge in [-0.25, -0.2) is 17.2 Å². The van der Waals surface area contributed by atoms with Gasteiger partial charge in [0, 0.05) is 12.1 Å². The van der Waals surface area contributed by atoms with Gasteiger partial charge in [0.1, 0.15) is 24.2 Å². The van der Waals surface area contributed by atoms with E-state index < -0.39 is 51.6 Å². The van der Waals surface area contributed by atoms with Gasteiger partial charge in [0.05, 0.1) is 10.6 Å². The van der Waals surface area contributed by atoms with E-state index in [-0.39, 0.29) is 23.5 Å². The Hall–Kier alpha value is -3.79. The van der Waals surface area contributed by atoms with Gasteiger partial charge < -0.3 is 10.2 Å². The zero-order valence-corrected chi connectivity index (χ0v) is 23.2. The van der Waals surface area contributed by atoms with E-state index in [1.54, 1.807) is 33.8 Å². The van der Waals surface area contributed by atoms with Crippen LogP contribution in [0.15, 0.2) is 83.8 Å². The van der Waals surface area contributed by atoms with Crippen molar-refractivity contribution in [2.24, 2.45) is 0 Å². The largest absolute Gasteiger partial charge is 0.350 e. The smallest absolute Gasteiger partial charge is 0.264 e. The summed E-state index contributed by atoms with van der Waals surface area (Å²) in [6, 6.07) is 17.1. The third-order valence-electron chi connectivity index (χ3n) is 5.88. The van der Waals surface area contributed by atoms with Crippen molar-refractivity contribution in [2.75, 3.05) is 10.8 Å². The third kappa shape index (κ3) is 7.63. The third-order valence-corrected chi connectivity index (χ3v) is 7.66. The molecule has 3 aromatic carbocycles. The number of hydrogen-bond donors (Lipinski definition) is 1. The molecule has 0 bridgehead atoms. The Morgan fingerprint density at radius 1 is 0.897 bits per heavy atom. The molecule has 0 saturated carbocycles. The summed E-state index contributed by atoms with van der Waals surface area (Å²) in [7, 11) is -4.37. The van der Waals surface area contributed by atoms with E-state index in [1.807, 2.05) is 0 Å². The maximum absolute atomic E-state index is 14.9. The van der Waals surface area contributed by atoms with E-state index in [0.29, 0.717) is 9.87 Å². The van der Waals surface area contributed by atoms with E-state index >= 15 is 0 Å². The summed E-state index contributed by atoms with van der Waals surface area (Å²) in [6.07, 6.45) is 0.222. The molecule has 0 radical (unpaired) electrons. The summed E-state index contributed by atoms with van der Waals surface area (Å²) in [4.78, 5) is 28.3. The van der Waals surface area contributed by atoms with Crippen LogP contribution in [0, 0.1) is 11.6 Å². The molecule has 1 N–H and O–H groups in total. The van der Waals surface area contributed by atoms with Crippen molar-refractivity contribution in [2.45, 2.75) is 57.1 Å². The predicted octanol–water partition coefficient (Wildman–Crippen LogP) is 4.88. The van der Waals surface area contributed by atoms with E-state index in [4.69, 9.17) is 0 Å². The van der Waals surface area contributed by atoms with Crippen LogP contribution in [0.1, 0.15) is 39.7 Å². The van der Waals surface area contributed by atoms with Crippen LogP contribution in [-0.2, 0) is 26.2 Å². The molecule has 0 heterocycles. The minimum atomic E-state index is -4.37. The fourth-order valence-electron chi connectivity index (χ4n) is 4.05. The molecule has 39 heavy (non-hydrogen) atoms. The maximum atomic E-state index is 14.9. The molecule has 2 amide bonds. The van der Waals surface area contributed by atoms with Gasteiger partial charge in [-0.05, 0) is 69.2 Å². The molecule has 10 heteroatoms. The Labute approximate surface area is 228 Å². The molecular formula is C29H33F2N3O4S. The summed E-state index contributed by atoms with van der Waals surface area (Å²) < 4.78 is 56.5.